The van der Waals surface area contributed by atoms with Crippen molar-refractivity contribution in [3.63, 3.8) is 0 Å². The molecular formula is C51H33N5. The van der Waals surface area contributed by atoms with E-state index in [2.05, 4.69) is 149 Å². The van der Waals surface area contributed by atoms with Gasteiger partial charge in [0.05, 0.1) is 27.8 Å². The maximum Gasteiger partial charge on any atom is 0.164 e. The Morgan fingerprint density at radius 2 is 0.821 bits per heavy atom. The maximum absolute atomic E-state index is 5.10. The molecule has 8 aromatic carbocycles. The van der Waals surface area contributed by atoms with Crippen LogP contribution in [0.15, 0.2) is 200 Å². The van der Waals surface area contributed by atoms with Crippen molar-refractivity contribution in [3.8, 4) is 56.7 Å². The van der Waals surface area contributed by atoms with Crippen molar-refractivity contribution in [1.82, 2.24) is 24.1 Å². The van der Waals surface area contributed by atoms with Crippen molar-refractivity contribution in [2.45, 2.75) is 0 Å². The largest absolute Gasteiger partial charge is 0.309 e. The van der Waals surface area contributed by atoms with Gasteiger partial charge in [-0.05, 0) is 54.1 Å². The second-order valence-electron chi connectivity index (χ2n) is 14.0. The average molecular weight is 716 g/mol. The van der Waals surface area contributed by atoms with E-state index in [4.69, 9.17) is 15.0 Å². The van der Waals surface area contributed by atoms with Crippen LogP contribution in [0.2, 0.25) is 0 Å². The molecule has 56 heavy (non-hydrogen) atoms. The van der Waals surface area contributed by atoms with Gasteiger partial charge in [0.2, 0.25) is 0 Å². The van der Waals surface area contributed by atoms with E-state index in [0.29, 0.717) is 17.5 Å². The molecule has 5 heteroatoms. The first-order valence-corrected chi connectivity index (χ1v) is 18.9. The standard InChI is InChI=1S/C51H33N5/c1-5-17-34(18-6-1)42-33-37(51-53-49(35-19-7-2-8-20-35)52-50(54-51)36-21-9-3-10-22-36)29-31-45(42)56-43-27-15-13-25-39(43)40-30-32-46-47(48(40)56)41-26-14-16-28-44(41)55(46)38-23-11-4-12-24-38/h1-33H. The number of benzene rings is 8. The van der Waals surface area contributed by atoms with Crippen molar-refractivity contribution in [2.24, 2.45) is 0 Å². The van der Waals surface area contributed by atoms with Crippen LogP contribution in [0.25, 0.3) is 100 Å². The summed E-state index contributed by atoms with van der Waals surface area (Å²) in [7, 11) is 0. The van der Waals surface area contributed by atoms with Crippen molar-refractivity contribution in [1.29, 1.82) is 0 Å². The Balaban J connectivity index is 1.22. The van der Waals surface area contributed by atoms with E-state index >= 15 is 0 Å². The molecule has 0 aliphatic heterocycles. The molecule has 0 spiro atoms. The van der Waals surface area contributed by atoms with Gasteiger partial charge in [-0.25, -0.2) is 15.0 Å². The highest BCUT2D eigenvalue weighted by Gasteiger charge is 2.23. The smallest absolute Gasteiger partial charge is 0.164 e. The molecule has 0 saturated carbocycles. The minimum atomic E-state index is 0.622. The molecule has 0 atom stereocenters. The molecule has 11 aromatic rings. The molecule has 0 bridgehead atoms. The molecular weight excluding hydrogens is 683 g/mol. The van der Waals surface area contributed by atoms with Crippen LogP contribution in [0.1, 0.15) is 0 Å². The van der Waals surface area contributed by atoms with E-state index in [1.807, 2.05) is 60.7 Å². The quantitative estimate of drug-likeness (QED) is 0.172. The lowest BCUT2D eigenvalue weighted by molar-refractivity contribution is 1.07. The second kappa shape index (κ2) is 13.0. The Morgan fingerprint density at radius 3 is 1.45 bits per heavy atom. The second-order valence-corrected chi connectivity index (χ2v) is 14.0. The molecule has 0 saturated heterocycles. The molecule has 0 amide bonds. The number of rotatable bonds is 6. The van der Waals surface area contributed by atoms with Crippen molar-refractivity contribution < 1.29 is 0 Å². The highest BCUT2D eigenvalue weighted by Crippen LogP contribution is 2.44. The minimum absolute atomic E-state index is 0.622. The number of aromatic nitrogens is 5. The fourth-order valence-electron chi connectivity index (χ4n) is 8.27. The summed E-state index contributed by atoms with van der Waals surface area (Å²) in [5, 5.41) is 4.86. The first kappa shape index (κ1) is 31.9. The van der Waals surface area contributed by atoms with E-state index in [1.54, 1.807) is 0 Å². The molecule has 0 aliphatic carbocycles. The Bertz CT molecular complexity index is 3160. The van der Waals surface area contributed by atoms with E-state index in [1.165, 1.54) is 38.1 Å². The molecule has 3 aromatic heterocycles. The summed E-state index contributed by atoms with van der Waals surface area (Å²) in [5.41, 5.74) is 11.9. The maximum atomic E-state index is 5.10. The SMILES string of the molecule is c1ccc(-c2nc(-c3ccccc3)nc(-c3ccc(-n4c5ccccc5c5ccc6c(c7ccccc7n6-c6ccccc6)c54)c(-c4ccccc4)c3)n2)cc1. The molecule has 0 radical (unpaired) electrons. The molecule has 0 N–H and O–H groups in total. The molecule has 0 unspecified atom stereocenters. The van der Waals surface area contributed by atoms with Gasteiger partial charge in [0.1, 0.15) is 0 Å². The Kier molecular flexibility index (Phi) is 7.42. The van der Waals surface area contributed by atoms with Crippen LogP contribution in [-0.4, -0.2) is 24.1 Å². The summed E-state index contributed by atoms with van der Waals surface area (Å²) in [6.45, 7) is 0. The van der Waals surface area contributed by atoms with Crippen LogP contribution in [0, 0.1) is 0 Å². The van der Waals surface area contributed by atoms with Gasteiger partial charge < -0.3 is 9.13 Å². The van der Waals surface area contributed by atoms with Crippen LogP contribution in [0.5, 0.6) is 0 Å². The average Bonchev–Trinajstić information content (AvgIpc) is 3.80. The Morgan fingerprint density at radius 1 is 0.321 bits per heavy atom. The lowest BCUT2D eigenvalue weighted by atomic mass is 9.99. The first-order valence-electron chi connectivity index (χ1n) is 18.9. The van der Waals surface area contributed by atoms with Crippen molar-refractivity contribution in [2.75, 3.05) is 0 Å². The van der Waals surface area contributed by atoms with Crippen molar-refractivity contribution in [3.05, 3.63) is 200 Å². The van der Waals surface area contributed by atoms with Crippen LogP contribution >= 0.6 is 0 Å². The van der Waals surface area contributed by atoms with E-state index in [9.17, 15) is 0 Å². The zero-order chi connectivity index (χ0) is 37.0. The van der Waals surface area contributed by atoms with Crippen LogP contribution < -0.4 is 0 Å². The lowest BCUT2D eigenvalue weighted by Gasteiger charge is -2.17. The van der Waals surface area contributed by atoms with Gasteiger partial charge in [-0.2, -0.15) is 0 Å². The predicted molar refractivity (Wildman–Crippen MR) is 230 cm³/mol. The fraction of sp³-hybridized carbons (Fsp3) is 0. The number of nitrogens with zero attached hydrogens (tertiary/aromatic N) is 5. The molecule has 3 heterocycles. The number of para-hydroxylation sites is 3. The third kappa shape index (κ3) is 5.13. The topological polar surface area (TPSA) is 48.5 Å². The predicted octanol–water partition coefficient (Wildman–Crippen LogP) is 12.7. The number of hydrogen-bond donors (Lipinski definition) is 0. The lowest BCUT2D eigenvalue weighted by Crippen LogP contribution is -2.02. The Hall–Kier alpha value is -7.63. The van der Waals surface area contributed by atoms with Gasteiger partial charge in [-0.3, -0.25) is 0 Å². The summed E-state index contributed by atoms with van der Waals surface area (Å²) in [4.78, 5) is 15.2. The van der Waals surface area contributed by atoms with Gasteiger partial charge in [0.15, 0.2) is 17.5 Å². The molecule has 0 aliphatic rings. The zero-order valence-electron chi connectivity index (χ0n) is 30.3. The van der Waals surface area contributed by atoms with Crippen LogP contribution in [0.4, 0.5) is 0 Å². The Labute approximate surface area is 323 Å². The monoisotopic (exact) mass is 715 g/mol. The minimum Gasteiger partial charge on any atom is -0.309 e. The number of hydrogen-bond acceptors (Lipinski definition) is 3. The molecule has 5 nitrogen and oxygen atoms in total. The van der Waals surface area contributed by atoms with E-state index in [-0.39, 0.29) is 0 Å². The van der Waals surface area contributed by atoms with Crippen LogP contribution in [0.3, 0.4) is 0 Å². The van der Waals surface area contributed by atoms with Crippen LogP contribution in [-0.2, 0) is 0 Å². The fourth-order valence-corrected chi connectivity index (χ4v) is 8.27. The van der Waals surface area contributed by atoms with Crippen molar-refractivity contribution >= 4 is 43.6 Å². The van der Waals surface area contributed by atoms with Gasteiger partial charge in [0, 0.05) is 49.5 Å². The molecule has 11 rings (SSSR count). The normalized spacial score (nSPS) is 11.6. The molecule has 0 fully saturated rings. The van der Waals surface area contributed by atoms with Gasteiger partial charge in [-0.1, -0.05) is 152 Å². The van der Waals surface area contributed by atoms with Gasteiger partial charge >= 0.3 is 0 Å². The zero-order valence-corrected chi connectivity index (χ0v) is 30.3. The summed E-state index contributed by atoms with van der Waals surface area (Å²) >= 11 is 0. The highest BCUT2D eigenvalue weighted by molar-refractivity contribution is 6.26. The van der Waals surface area contributed by atoms with Gasteiger partial charge in [-0.15, -0.1) is 0 Å². The summed E-state index contributed by atoms with van der Waals surface area (Å²) in [6, 6.07) is 70.4. The summed E-state index contributed by atoms with van der Waals surface area (Å²) < 4.78 is 4.86. The summed E-state index contributed by atoms with van der Waals surface area (Å²) in [5.74, 6) is 1.90. The third-order valence-corrected chi connectivity index (χ3v) is 10.8. The first-order chi connectivity index (χ1) is 27.8. The summed E-state index contributed by atoms with van der Waals surface area (Å²) in [6.07, 6.45) is 0. The number of fused-ring (bicyclic) bond motifs is 7. The van der Waals surface area contributed by atoms with E-state index < -0.39 is 0 Å². The highest BCUT2D eigenvalue weighted by atomic mass is 15.0. The third-order valence-electron chi connectivity index (χ3n) is 10.8. The van der Waals surface area contributed by atoms with Gasteiger partial charge in [0.25, 0.3) is 0 Å². The molecule has 262 valence electrons. The van der Waals surface area contributed by atoms with E-state index in [0.717, 1.165) is 44.7 Å².